The summed E-state index contributed by atoms with van der Waals surface area (Å²) in [6, 6.07) is 12.2. The Bertz CT molecular complexity index is 1010. The molecule has 6 nitrogen and oxygen atoms in total. The van der Waals surface area contributed by atoms with Crippen molar-refractivity contribution >= 4 is 26.5 Å². The molecule has 2 aliphatic heterocycles. The van der Waals surface area contributed by atoms with Crippen molar-refractivity contribution < 1.29 is 17.9 Å². The lowest BCUT2D eigenvalue weighted by molar-refractivity contribution is -0.134. The minimum absolute atomic E-state index is 0.118. The van der Waals surface area contributed by atoms with Crippen LogP contribution in [0.4, 0.5) is 0 Å². The molecule has 1 amide bonds. The van der Waals surface area contributed by atoms with Crippen LogP contribution in [0.15, 0.2) is 36.4 Å². The van der Waals surface area contributed by atoms with Crippen molar-refractivity contribution in [1.82, 2.24) is 9.80 Å². The van der Waals surface area contributed by atoms with E-state index in [-0.39, 0.29) is 23.6 Å². The summed E-state index contributed by atoms with van der Waals surface area (Å²) in [6.45, 7) is 4.77. The first kappa shape index (κ1) is 20.2. The third kappa shape index (κ3) is 4.26. The number of hydrogen-bond acceptors (Lipinski definition) is 5. The fourth-order valence-electron chi connectivity index (χ4n) is 4.43. The number of carbonyl (C=O) groups excluding carboxylic acids is 1. The van der Waals surface area contributed by atoms with Crippen LogP contribution < -0.4 is 4.74 Å². The molecule has 4 rings (SSSR count). The lowest BCUT2D eigenvalue weighted by Gasteiger charge is -2.38. The van der Waals surface area contributed by atoms with Crippen LogP contribution in [0.3, 0.4) is 0 Å². The smallest absolute Gasteiger partial charge is 0.229 e. The molecule has 0 radical (unpaired) electrons. The minimum atomic E-state index is -2.88. The Morgan fingerprint density at radius 3 is 2.41 bits per heavy atom. The van der Waals surface area contributed by atoms with Gasteiger partial charge in [-0.05, 0) is 41.8 Å². The van der Waals surface area contributed by atoms with Crippen LogP contribution in [0.25, 0.3) is 10.8 Å². The van der Waals surface area contributed by atoms with Crippen LogP contribution in [0.5, 0.6) is 5.75 Å². The number of methoxy groups -OCH3 is 1. The molecule has 0 N–H and O–H groups in total. The Morgan fingerprint density at radius 2 is 1.76 bits per heavy atom. The highest BCUT2D eigenvalue weighted by Crippen LogP contribution is 2.27. The molecule has 0 aliphatic carbocycles. The zero-order valence-corrected chi connectivity index (χ0v) is 17.8. The summed E-state index contributed by atoms with van der Waals surface area (Å²) in [5, 5.41) is 2.18. The van der Waals surface area contributed by atoms with Crippen molar-refractivity contribution in [3.05, 3.63) is 42.0 Å². The first-order chi connectivity index (χ1) is 13.9. The van der Waals surface area contributed by atoms with E-state index in [1.165, 1.54) is 0 Å². The summed E-state index contributed by atoms with van der Waals surface area (Å²) >= 11 is 0. The molecule has 2 atom stereocenters. The van der Waals surface area contributed by atoms with E-state index < -0.39 is 9.84 Å². The Morgan fingerprint density at radius 1 is 1.07 bits per heavy atom. The highest BCUT2D eigenvalue weighted by molar-refractivity contribution is 7.91. The zero-order valence-electron chi connectivity index (χ0n) is 17.0. The van der Waals surface area contributed by atoms with Gasteiger partial charge in [-0.25, -0.2) is 8.42 Å². The first-order valence-electron chi connectivity index (χ1n) is 10.2. The van der Waals surface area contributed by atoms with Crippen LogP contribution in [-0.2, 0) is 14.6 Å². The van der Waals surface area contributed by atoms with Gasteiger partial charge in [0.05, 0.1) is 24.5 Å². The maximum Gasteiger partial charge on any atom is 0.229 e. The largest absolute Gasteiger partial charge is 0.497 e. The van der Waals surface area contributed by atoms with E-state index in [1.807, 2.05) is 42.2 Å². The van der Waals surface area contributed by atoms with Gasteiger partial charge in [0.2, 0.25) is 5.91 Å². The third-order valence-electron chi connectivity index (χ3n) is 6.29. The molecule has 7 heteroatoms. The highest BCUT2D eigenvalue weighted by Gasteiger charge is 2.35. The average molecular weight is 417 g/mol. The van der Waals surface area contributed by atoms with E-state index in [4.69, 9.17) is 4.74 Å². The lowest BCUT2D eigenvalue weighted by Crippen LogP contribution is -2.53. The second-order valence-electron chi connectivity index (χ2n) is 8.11. The first-order valence-corrected chi connectivity index (χ1v) is 12.0. The van der Waals surface area contributed by atoms with E-state index in [0.29, 0.717) is 25.3 Å². The maximum atomic E-state index is 13.1. The molecule has 156 valence electrons. The Hall–Kier alpha value is -2.12. The fraction of sp³-hybridized carbons (Fsp3) is 0.500. The monoisotopic (exact) mass is 416 g/mol. The van der Waals surface area contributed by atoms with Crippen molar-refractivity contribution in [2.24, 2.45) is 0 Å². The van der Waals surface area contributed by atoms with Crippen LogP contribution in [0, 0.1) is 0 Å². The second kappa shape index (κ2) is 7.95. The van der Waals surface area contributed by atoms with Crippen molar-refractivity contribution in [3.63, 3.8) is 0 Å². The molecule has 0 aromatic heterocycles. The predicted octanol–water partition coefficient (Wildman–Crippen LogP) is 2.28. The summed E-state index contributed by atoms with van der Waals surface area (Å²) in [4.78, 5) is 17.2. The number of nitrogens with zero attached hydrogens (tertiary/aromatic N) is 2. The molecule has 1 unspecified atom stereocenters. The number of carbonyl (C=O) groups is 1. The van der Waals surface area contributed by atoms with Gasteiger partial charge in [-0.3, -0.25) is 9.69 Å². The number of ether oxygens (including phenoxy) is 1. The van der Waals surface area contributed by atoms with E-state index in [0.717, 1.165) is 35.2 Å². The number of hydrogen-bond donors (Lipinski definition) is 0. The molecule has 2 aliphatic rings. The van der Waals surface area contributed by atoms with Crippen LogP contribution in [0.2, 0.25) is 0 Å². The summed E-state index contributed by atoms with van der Waals surface area (Å²) in [5.41, 5.74) is 1.01. The highest BCUT2D eigenvalue weighted by atomic mass is 32.2. The standard InChI is InChI=1S/C22H28N2O4S/c1-16(17-3-4-19-14-21(28-2)6-5-18(19)13-17)22(25)24-10-8-23(9-11-24)20-7-12-29(26,27)15-20/h3-6,13-14,16,20H,7-12,15H2,1-2H3/t16-,20?/m0/s1. The summed E-state index contributed by atoms with van der Waals surface area (Å²) < 4.78 is 28.7. The number of sulfone groups is 1. The number of piperazine rings is 1. The predicted molar refractivity (Wildman–Crippen MR) is 114 cm³/mol. The van der Waals surface area contributed by atoms with Crippen molar-refractivity contribution in [2.45, 2.75) is 25.3 Å². The normalized spacial score (nSPS) is 23.2. The third-order valence-corrected chi connectivity index (χ3v) is 8.04. The number of fused-ring (bicyclic) bond motifs is 1. The number of amides is 1. The van der Waals surface area contributed by atoms with Gasteiger partial charge in [-0.1, -0.05) is 24.3 Å². The molecule has 2 saturated heterocycles. The topological polar surface area (TPSA) is 66.9 Å². The van der Waals surface area contributed by atoms with E-state index in [2.05, 4.69) is 11.0 Å². The van der Waals surface area contributed by atoms with Crippen molar-refractivity contribution in [2.75, 3.05) is 44.8 Å². The molecule has 29 heavy (non-hydrogen) atoms. The molecule has 2 aromatic rings. The van der Waals surface area contributed by atoms with Gasteiger partial charge in [0.1, 0.15) is 5.75 Å². The van der Waals surface area contributed by atoms with Gasteiger partial charge in [0.15, 0.2) is 9.84 Å². The lowest BCUT2D eigenvalue weighted by atomic mass is 9.96. The molecule has 0 spiro atoms. The second-order valence-corrected chi connectivity index (χ2v) is 10.3. The SMILES string of the molecule is COc1ccc2cc([C@H](C)C(=O)N3CCN(C4CCS(=O)(=O)C4)CC3)ccc2c1. The van der Waals surface area contributed by atoms with Crippen LogP contribution >= 0.6 is 0 Å². The molecule has 2 fully saturated rings. The molecule has 2 aromatic carbocycles. The molecule has 0 saturated carbocycles. The quantitative estimate of drug-likeness (QED) is 0.765. The van der Waals surface area contributed by atoms with Crippen molar-refractivity contribution in [3.8, 4) is 5.75 Å². The van der Waals surface area contributed by atoms with Gasteiger partial charge in [-0.2, -0.15) is 0 Å². The Kier molecular flexibility index (Phi) is 5.53. The molecular weight excluding hydrogens is 388 g/mol. The van der Waals surface area contributed by atoms with Gasteiger partial charge in [-0.15, -0.1) is 0 Å². The Labute approximate surface area is 172 Å². The van der Waals surface area contributed by atoms with Gasteiger partial charge >= 0.3 is 0 Å². The van der Waals surface area contributed by atoms with Gasteiger partial charge in [0.25, 0.3) is 0 Å². The molecule has 2 heterocycles. The minimum Gasteiger partial charge on any atom is -0.497 e. The van der Waals surface area contributed by atoms with Crippen molar-refractivity contribution in [1.29, 1.82) is 0 Å². The number of benzene rings is 2. The molecule has 0 bridgehead atoms. The number of rotatable bonds is 4. The summed E-state index contributed by atoms with van der Waals surface area (Å²) in [7, 11) is -1.22. The van der Waals surface area contributed by atoms with E-state index >= 15 is 0 Å². The van der Waals surface area contributed by atoms with E-state index in [9.17, 15) is 13.2 Å². The fourth-order valence-corrected chi connectivity index (χ4v) is 6.19. The van der Waals surface area contributed by atoms with E-state index in [1.54, 1.807) is 7.11 Å². The maximum absolute atomic E-state index is 13.1. The average Bonchev–Trinajstić information content (AvgIpc) is 3.11. The van der Waals surface area contributed by atoms with Crippen LogP contribution in [0.1, 0.15) is 24.8 Å². The van der Waals surface area contributed by atoms with Gasteiger partial charge < -0.3 is 9.64 Å². The van der Waals surface area contributed by atoms with Crippen LogP contribution in [-0.4, -0.2) is 75.0 Å². The Balaban J connectivity index is 1.40. The summed E-state index contributed by atoms with van der Waals surface area (Å²) in [6.07, 6.45) is 0.717. The van der Waals surface area contributed by atoms with Gasteiger partial charge in [0, 0.05) is 32.2 Å². The summed E-state index contributed by atoms with van der Waals surface area (Å²) in [5.74, 6) is 1.31. The molecular formula is C22H28N2O4S. The zero-order chi connectivity index (χ0) is 20.6.